The lowest BCUT2D eigenvalue weighted by Gasteiger charge is -2.13. The van der Waals surface area contributed by atoms with Gasteiger partial charge in [0.2, 0.25) is 10.0 Å². The van der Waals surface area contributed by atoms with Gasteiger partial charge in [-0.25, -0.2) is 17.5 Å². The first-order chi connectivity index (χ1) is 7.77. The minimum absolute atomic E-state index is 0.0494. The van der Waals surface area contributed by atoms with Gasteiger partial charge in [0.1, 0.15) is 5.82 Å². The topological polar surface area (TPSA) is 72.2 Å². The quantitative estimate of drug-likeness (QED) is 0.856. The van der Waals surface area contributed by atoms with Gasteiger partial charge in [0.05, 0.1) is 4.90 Å². The summed E-state index contributed by atoms with van der Waals surface area (Å²) in [7, 11) is -3.69. The molecule has 3 N–H and O–H groups in total. The summed E-state index contributed by atoms with van der Waals surface area (Å²) in [5, 5.41) is 0. The van der Waals surface area contributed by atoms with Crippen molar-refractivity contribution < 1.29 is 12.8 Å². The van der Waals surface area contributed by atoms with E-state index in [1.807, 2.05) is 0 Å². The van der Waals surface area contributed by atoms with Crippen LogP contribution in [0.25, 0.3) is 0 Å². The van der Waals surface area contributed by atoms with Gasteiger partial charge in [-0.15, -0.1) is 0 Å². The first-order valence-corrected chi connectivity index (χ1v) is 6.77. The fraction of sp³-hybridized carbons (Fsp3) is 0.455. The third kappa shape index (κ3) is 3.24. The molecule has 0 atom stereocenters. The number of hydrogen-bond acceptors (Lipinski definition) is 3. The van der Waals surface area contributed by atoms with Crippen LogP contribution in [0.15, 0.2) is 17.0 Å². The maximum Gasteiger partial charge on any atom is 0.241 e. The van der Waals surface area contributed by atoms with Crippen LogP contribution in [-0.2, 0) is 16.6 Å². The molecular formula is C11H17FN2O2S. The largest absolute Gasteiger partial charge is 0.326 e. The zero-order chi connectivity index (χ0) is 13.2. The molecule has 0 aliphatic heterocycles. The van der Waals surface area contributed by atoms with Crippen molar-refractivity contribution in [3.63, 3.8) is 0 Å². The molecule has 0 saturated carbocycles. The Morgan fingerprint density at radius 2 is 2.00 bits per heavy atom. The van der Waals surface area contributed by atoms with E-state index in [2.05, 4.69) is 4.72 Å². The molecule has 1 rings (SSSR count). The standard InChI is InChI=1S/C11H17FN2O2S/c1-7(2)14-17(15,16)11-5-9(6-13)4-10(12)8(11)3/h4-5,7,14H,6,13H2,1-3H3. The lowest BCUT2D eigenvalue weighted by atomic mass is 10.1. The average Bonchev–Trinajstić information content (AvgIpc) is 2.19. The number of sulfonamides is 1. The van der Waals surface area contributed by atoms with E-state index < -0.39 is 15.8 Å². The van der Waals surface area contributed by atoms with Gasteiger partial charge in [-0.1, -0.05) is 0 Å². The van der Waals surface area contributed by atoms with E-state index in [0.717, 1.165) is 0 Å². The molecule has 6 heteroatoms. The molecule has 0 aromatic heterocycles. The number of halogens is 1. The van der Waals surface area contributed by atoms with Crippen LogP contribution in [-0.4, -0.2) is 14.5 Å². The zero-order valence-electron chi connectivity index (χ0n) is 10.1. The second-order valence-electron chi connectivity index (χ2n) is 4.18. The van der Waals surface area contributed by atoms with Gasteiger partial charge >= 0.3 is 0 Å². The van der Waals surface area contributed by atoms with Crippen molar-refractivity contribution in [2.75, 3.05) is 0 Å². The molecule has 0 radical (unpaired) electrons. The molecule has 0 saturated heterocycles. The molecule has 96 valence electrons. The van der Waals surface area contributed by atoms with Gasteiger partial charge < -0.3 is 5.73 Å². The highest BCUT2D eigenvalue weighted by atomic mass is 32.2. The summed E-state index contributed by atoms with van der Waals surface area (Å²) < 4.78 is 39.9. The minimum atomic E-state index is -3.69. The Morgan fingerprint density at radius 1 is 1.41 bits per heavy atom. The molecule has 1 aromatic carbocycles. The molecule has 0 aliphatic carbocycles. The van der Waals surface area contributed by atoms with Crippen LogP contribution in [0.5, 0.6) is 0 Å². The Labute approximate surface area is 101 Å². The Balaban J connectivity index is 3.35. The van der Waals surface area contributed by atoms with Crippen LogP contribution in [0.2, 0.25) is 0 Å². The first-order valence-electron chi connectivity index (χ1n) is 5.29. The number of rotatable bonds is 4. The van der Waals surface area contributed by atoms with Crippen molar-refractivity contribution in [2.24, 2.45) is 5.73 Å². The summed E-state index contributed by atoms with van der Waals surface area (Å²) in [4.78, 5) is -0.0494. The summed E-state index contributed by atoms with van der Waals surface area (Å²) in [5.74, 6) is -0.558. The van der Waals surface area contributed by atoms with Crippen LogP contribution in [0.4, 0.5) is 4.39 Å². The number of benzene rings is 1. The van der Waals surface area contributed by atoms with Gasteiger partial charge in [0, 0.05) is 18.2 Å². The van der Waals surface area contributed by atoms with Gasteiger partial charge in [0.25, 0.3) is 0 Å². The van der Waals surface area contributed by atoms with Gasteiger partial charge in [-0.2, -0.15) is 0 Å². The Kier molecular flexibility index (Phi) is 4.24. The van der Waals surface area contributed by atoms with Gasteiger partial charge in [0.15, 0.2) is 0 Å². The van der Waals surface area contributed by atoms with Crippen LogP contribution in [0.3, 0.4) is 0 Å². The summed E-state index contributed by atoms with van der Waals surface area (Å²) in [6.45, 7) is 4.94. The molecule has 4 nitrogen and oxygen atoms in total. The van der Waals surface area contributed by atoms with E-state index in [9.17, 15) is 12.8 Å². The number of nitrogens with one attached hydrogen (secondary N) is 1. The maximum absolute atomic E-state index is 13.5. The first kappa shape index (κ1) is 14.1. The molecule has 17 heavy (non-hydrogen) atoms. The summed E-state index contributed by atoms with van der Waals surface area (Å²) >= 11 is 0. The monoisotopic (exact) mass is 260 g/mol. The third-order valence-electron chi connectivity index (χ3n) is 2.27. The molecule has 0 amide bonds. The maximum atomic E-state index is 13.5. The molecule has 0 heterocycles. The Bertz CT molecular complexity index is 512. The van der Waals surface area contributed by atoms with Crippen molar-refractivity contribution in [3.8, 4) is 0 Å². The molecule has 0 aliphatic rings. The zero-order valence-corrected chi connectivity index (χ0v) is 10.9. The number of nitrogens with two attached hydrogens (primary N) is 1. The second kappa shape index (κ2) is 5.12. The smallest absolute Gasteiger partial charge is 0.241 e. The number of hydrogen-bond donors (Lipinski definition) is 2. The summed E-state index contributed by atoms with van der Waals surface area (Å²) in [6, 6.07) is 2.41. The third-order valence-corrected chi connectivity index (χ3v) is 4.06. The summed E-state index contributed by atoms with van der Waals surface area (Å²) in [5.41, 5.74) is 5.96. The van der Waals surface area contributed by atoms with E-state index in [1.54, 1.807) is 13.8 Å². The fourth-order valence-corrected chi connectivity index (χ4v) is 3.03. The Morgan fingerprint density at radius 3 is 2.47 bits per heavy atom. The lowest BCUT2D eigenvalue weighted by molar-refractivity contribution is 0.563. The highest BCUT2D eigenvalue weighted by Gasteiger charge is 2.20. The highest BCUT2D eigenvalue weighted by molar-refractivity contribution is 7.89. The van der Waals surface area contributed by atoms with Gasteiger partial charge in [-0.05, 0) is 38.5 Å². The van der Waals surface area contributed by atoms with E-state index >= 15 is 0 Å². The summed E-state index contributed by atoms with van der Waals surface area (Å²) in [6.07, 6.45) is 0. The molecule has 0 unspecified atom stereocenters. The minimum Gasteiger partial charge on any atom is -0.326 e. The van der Waals surface area contributed by atoms with E-state index in [4.69, 9.17) is 5.73 Å². The predicted octanol–water partition coefficient (Wildman–Crippen LogP) is 1.28. The molecule has 0 bridgehead atoms. The molecular weight excluding hydrogens is 243 g/mol. The van der Waals surface area contributed by atoms with Gasteiger partial charge in [-0.3, -0.25) is 0 Å². The van der Waals surface area contributed by atoms with E-state index in [1.165, 1.54) is 19.1 Å². The normalized spacial score (nSPS) is 12.1. The Hall–Kier alpha value is -0.980. The van der Waals surface area contributed by atoms with E-state index in [-0.39, 0.29) is 23.0 Å². The predicted molar refractivity (Wildman–Crippen MR) is 64.5 cm³/mol. The van der Waals surface area contributed by atoms with Crippen molar-refractivity contribution in [1.29, 1.82) is 0 Å². The van der Waals surface area contributed by atoms with Crippen LogP contribution < -0.4 is 10.5 Å². The van der Waals surface area contributed by atoms with Crippen molar-refractivity contribution in [2.45, 2.75) is 38.3 Å². The van der Waals surface area contributed by atoms with Crippen molar-refractivity contribution in [1.82, 2.24) is 4.72 Å². The average molecular weight is 260 g/mol. The highest BCUT2D eigenvalue weighted by Crippen LogP contribution is 2.20. The van der Waals surface area contributed by atoms with Crippen LogP contribution in [0.1, 0.15) is 25.0 Å². The van der Waals surface area contributed by atoms with Crippen LogP contribution in [0, 0.1) is 12.7 Å². The van der Waals surface area contributed by atoms with E-state index in [0.29, 0.717) is 5.56 Å². The molecule has 0 spiro atoms. The van der Waals surface area contributed by atoms with Crippen LogP contribution >= 0.6 is 0 Å². The SMILES string of the molecule is Cc1c(F)cc(CN)cc1S(=O)(=O)NC(C)C. The van der Waals surface area contributed by atoms with Crippen molar-refractivity contribution in [3.05, 3.63) is 29.1 Å². The molecule has 0 fully saturated rings. The fourth-order valence-electron chi connectivity index (χ4n) is 1.48. The van der Waals surface area contributed by atoms with Crippen molar-refractivity contribution >= 4 is 10.0 Å². The second-order valence-corrected chi connectivity index (χ2v) is 5.86. The lowest BCUT2D eigenvalue weighted by Crippen LogP contribution is -2.31. The molecule has 1 aromatic rings.